The van der Waals surface area contributed by atoms with Gasteiger partial charge >= 0.3 is 18.3 Å². The minimum absolute atomic E-state index is 0.0340. The highest BCUT2D eigenvalue weighted by Crippen LogP contribution is 2.39. The van der Waals surface area contributed by atoms with Crippen LogP contribution in [0.5, 0.6) is 0 Å². The van der Waals surface area contributed by atoms with Gasteiger partial charge in [-0.3, -0.25) is 9.69 Å². The summed E-state index contributed by atoms with van der Waals surface area (Å²) in [6.45, 7) is 5.25. The maximum Gasteiger partial charge on any atom is 0.490 e. The van der Waals surface area contributed by atoms with Gasteiger partial charge in [0.05, 0.1) is 24.8 Å². The molecular formula is C26H28F6N2O4. The fourth-order valence-electron chi connectivity index (χ4n) is 4.72. The number of carboxylic acid groups (broad SMARTS) is 1. The summed E-state index contributed by atoms with van der Waals surface area (Å²) in [5.41, 5.74) is 0.719. The second kappa shape index (κ2) is 11.7. The molecule has 4 rings (SSSR count). The Bertz CT molecular complexity index is 1110. The lowest BCUT2D eigenvalue weighted by Gasteiger charge is -2.33. The molecule has 2 aromatic carbocycles. The SMILES string of the molecule is CC(c1ccccc1)N1CC2(COCCN(Cc3cccc(C(F)(F)F)c3)C2)CC1=O.O=C(O)C(F)(F)F. The molecule has 0 radical (unpaired) electrons. The molecule has 12 heteroatoms. The Hall–Kier alpha value is -3.12. The van der Waals surface area contributed by atoms with Crippen molar-refractivity contribution in [3.8, 4) is 0 Å². The van der Waals surface area contributed by atoms with Gasteiger partial charge in [0.2, 0.25) is 5.91 Å². The fourth-order valence-corrected chi connectivity index (χ4v) is 4.72. The molecule has 208 valence electrons. The molecule has 2 heterocycles. The minimum Gasteiger partial charge on any atom is -0.475 e. The number of alkyl halides is 6. The maximum atomic E-state index is 13.1. The van der Waals surface area contributed by atoms with E-state index in [0.29, 0.717) is 51.4 Å². The first kappa shape index (κ1) is 29.4. The zero-order chi connectivity index (χ0) is 28.1. The lowest BCUT2D eigenvalue weighted by Crippen LogP contribution is -2.40. The first-order chi connectivity index (χ1) is 17.7. The van der Waals surface area contributed by atoms with E-state index in [1.807, 2.05) is 42.2 Å². The number of hydrogen-bond acceptors (Lipinski definition) is 4. The Labute approximate surface area is 215 Å². The van der Waals surface area contributed by atoms with E-state index in [2.05, 4.69) is 4.90 Å². The molecule has 1 amide bonds. The predicted molar refractivity (Wildman–Crippen MR) is 125 cm³/mol. The van der Waals surface area contributed by atoms with Crippen molar-refractivity contribution >= 4 is 11.9 Å². The van der Waals surface area contributed by atoms with Crippen LogP contribution in [0.4, 0.5) is 26.3 Å². The van der Waals surface area contributed by atoms with Crippen molar-refractivity contribution in [1.29, 1.82) is 0 Å². The summed E-state index contributed by atoms with van der Waals surface area (Å²) in [5, 5.41) is 7.12. The second-order valence-electron chi connectivity index (χ2n) is 9.55. The molecule has 2 aliphatic rings. The maximum absolute atomic E-state index is 13.1. The summed E-state index contributed by atoms with van der Waals surface area (Å²) in [6.07, 6.45) is -9.05. The molecule has 0 saturated carbocycles. The minimum atomic E-state index is -5.08. The Morgan fingerprint density at radius 1 is 1.05 bits per heavy atom. The largest absolute Gasteiger partial charge is 0.490 e. The van der Waals surface area contributed by atoms with Gasteiger partial charge in [0.15, 0.2) is 0 Å². The molecule has 1 N–H and O–H groups in total. The summed E-state index contributed by atoms with van der Waals surface area (Å²) in [5.74, 6) is -2.66. The smallest absolute Gasteiger partial charge is 0.475 e. The van der Waals surface area contributed by atoms with Crippen molar-refractivity contribution < 1.29 is 45.8 Å². The fraction of sp³-hybridized carbons (Fsp3) is 0.462. The topological polar surface area (TPSA) is 70.1 Å². The Balaban J connectivity index is 0.000000505. The number of carbonyl (C=O) groups is 2. The highest BCUT2D eigenvalue weighted by Gasteiger charge is 2.47. The van der Waals surface area contributed by atoms with Gasteiger partial charge in [0.1, 0.15) is 0 Å². The first-order valence-electron chi connectivity index (χ1n) is 11.8. The molecule has 2 saturated heterocycles. The van der Waals surface area contributed by atoms with E-state index < -0.39 is 23.9 Å². The van der Waals surface area contributed by atoms with Crippen molar-refractivity contribution in [2.24, 2.45) is 5.41 Å². The second-order valence-corrected chi connectivity index (χ2v) is 9.55. The number of carbonyl (C=O) groups excluding carboxylic acids is 1. The van der Waals surface area contributed by atoms with Gasteiger partial charge in [-0.2, -0.15) is 26.3 Å². The lowest BCUT2D eigenvalue weighted by atomic mass is 9.87. The zero-order valence-electron chi connectivity index (χ0n) is 20.6. The van der Waals surface area contributed by atoms with Gasteiger partial charge in [-0.05, 0) is 24.1 Å². The van der Waals surface area contributed by atoms with Crippen LogP contribution in [0.15, 0.2) is 54.6 Å². The van der Waals surface area contributed by atoms with Crippen LogP contribution in [0.1, 0.15) is 36.1 Å². The molecule has 2 unspecified atom stereocenters. The third kappa shape index (κ3) is 7.70. The quantitative estimate of drug-likeness (QED) is 0.538. The van der Waals surface area contributed by atoms with Crippen LogP contribution >= 0.6 is 0 Å². The summed E-state index contributed by atoms with van der Waals surface area (Å²) in [6, 6.07) is 15.4. The Morgan fingerprint density at radius 2 is 1.71 bits per heavy atom. The van der Waals surface area contributed by atoms with Crippen molar-refractivity contribution in [2.45, 2.75) is 38.3 Å². The molecule has 0 aromatic heterocycles. The monoisotopic (exact) mass is 546 g/mol. The third-order valence-electron chi connectivity index (χ3n) is 6.52. The van der Waals surface area contributed by atoms with E-state index in [-0.39, 0.29) is 17.4 Å². The number of nitrogens with zero attached hydrogens (tertiary/aromatic N) is 2. The number of ether oxygens (including phenoxy) is 1. The molecule has 2 fully saturated rings. The molecule has 2 aromatic rings. The average Bonchev–Trinajstić information content (AvgIpc) is 3.03. The Kier molecular flexibility index (Phi) is 9.09. The van der Waals surface area contributed by atoms with Gasteiger partial charge in [0.25, 0.3) is 0 Å². The summed E-state index contributed by atoms with van der Waals surface area (Å²) >= 11 is 0. The van der Waals surface area contributed by atoms with E-state index in [1.165, 1.54) is 12.1 Å². The number of aliphatic carboxylic acids is 1. The van der Waals surface area contributed by atoms with Gasteiger partial charge in [-0.15, -0.1) is 0 Å². The lowest BCUT2D eigenvalue weighted by molar-refractivity contribution is -0.192. The molecule has 2 aliphatic heterocycles. The number of amides is 1. The van der Waals surface area contributed by atoms with Crippen LogP contribution in [0.25, 0.3) is 0 Å². The number of benzene rings is 2. The number of halogens is 6. The summed E-state index contributed by atoms with van der Waals surface area (Å²) in [4.78, 5) is 25.8. The third-order valence-corrected chi connectivity index (χ3v) is 6.52. The van der Waals surface area contributed by atoms with Gasteiger partial charge in [-0.25, -0.2) is 4.79 Å². The molecule has 1 spiro atoms. The van der Waals surface area contributed by atoms with Crippen molar-refractivity contribution in [2.75, 3.05) is 32.8 Å². The normalized spacial score (nSPS) is 21.6. The molecular weight excluding hydrogens is 518 g/mol. The van der Waals surface area contributed by atoms with E-state index >= 15 is 0 Å². The van der Waals surface area contributed by atoms with Crippen LogP contribution in [-0.2, 0) is 27.0 Å². The van der Waals surface area contributed by atoms with Crippen molar-refractivity contribution in [3.63, 3.8) is 0 Å². The van der Waals surface area contributed by atoms with Gasteiger partial charge in [-0.1, -0.05) is 48.5 Å². The highest BCUT2D eigenvalue weighted by molar-refractivity contribution is 5.80. The zero-order valence-corrected chi connectivity index (χ0v) is 20.6. The highest BCUT2D eigenvalue weighted by atomic mass is 19.4. The molecule has 6 nitrogen and oxygen atoms in total. The first-order valence-corrected chi connectivity index (χ1v) is 11.8. The van der Waals surface area contributed by atoms with E-state index in [4.69, 9.17) is 14.6 Å². The molecule has 2 atom stereocenters. The summed E-state index contributed by atoms with van der Waals surface area (Å²) < 4.78 is 76.8. The van der Waals surface area contributed by atoms with Crippen molar-refractivity contribution in [3.05, 3.63) is 71.3 Å². The van der Waals surface area contributed by atoms with E-state index in [1.54, 1.807) is 6.07 Å². The standard InChI is InChI=1S/C24H27F3N2O2.C2HF3O2/c1-18(20-7-3-2-4-8-20)29-16-23(13-22(29)30)15-28(10-11-31-17-23)14-19-6-5-9-21(12-19)24(25,26)27;3-2(4,5)1(6)7/h2-9,12,18H,10-11,13-17H2,1H3;(H,6,7). The van der Waals surface area contributed by atoms with Crippen LogP contribution < -0.4 is 0 Å². The summed E-state index contributed by atoms with van der Waals surface area (Å²) in [7, 11) is 0. The molecule has 38 heavy (non-hydrogen) atoms. The predicted octanol–water partition coefficient (Wildman–Crippen LogP) is 5.15. The van der Waals surface area contributed by atoms with Crippen molar-refractivity contribution in [1.82, 2.24) is 9.80 Å². The van der Waals surface area contributed by atoms with Crippen LogP contribution in [0, 0.1) is 5.41 Å². The van der Waals surface area contributed by atoms with E-state index in [0.717, 1.165) is 11.6 Å². The number of carboxylic acids is 1. The number of rotatable bonds is 4. The number of hydrogen-bond donors (Lipinski definition) is 1. The molecule has 0 bridgehead atoms. The molecule has 0 aliphatic carbocycles. The number of likely N-dealkylation sites (tertiary alicyclic amines) is 1. The van der Waals surface area contributed by atoms with Gasteiger partial charge in [0, 0.05) is 38.0 Å². The van der Waals surface area contributed by atoms with Crippen LogP contribution in [0.3, 0.4) is 0 Å². The average molecular weight is 547 g/mol. The Morgan fingerprint density at radius 3 is 2.32 bits per heavy atom. The van der Waals surface area contributed by atoms with Crippen LogP contribution in [0.2, 0.25) is 0 Å². The van der Waals surface area contributed by atoms with Crippen LogP contribution in [-0.4, -0.2) is 65.8 Å². The van der Waals surface area contributed by atoms with Gasteiger partial charge < -0.3 is 14.7 Å². The van der Waals surface area contributed by atoms with E-state index in [9.17, 15) is 31.1 Å².